The summed E-state index contributed by atoms with van der Waals surface area (Å²) in [5, 5.41) is 3.98. The zero-order valence-electron chi connectivity index (χ0n) is 10.2. The number of hydrogen-bond donors (Lipinski definition) is 1. The van der Waals surface area contributed by atoms with E-state index in [1.807, 2.05) is 0 Å². The van der Waals surface area contributed by atoms with Gasteiger partial charge in [0.2, 0.25) is 5.91 Å². The zero-order chi connectivity index (χ0) is 13.0. The van der Waals surface area contributed by atoms with Gasteiger partial charge in [-0.25, -0.2) is 4.39 Å². The van der Waals surface area contributed by atoms with Crippen LogP contribution < -0.4 is 5.32 Å². The Balaban J connectivity index is 1.89. The van der Waals surface area contributed by atoms with Crippen LogP contribution in [0.15, 0.2) is 24.3 Å². The molecule has 0 saturated heterocycles. The van der Waals surface area contributed by atoms with Crippen molar-refractivity contribution in [2.45, 2.75) is 31.7 Å². The molecule has 0 heterocycles. The number of carbonyl (C=O) groups is 1. The highest BCUT2D eigenvalue weighted by Gasteiger charge is 2.27. The summed E-state index contributed by atoms with van der Waals surface area (Å²) in [5.41, 5.74) is 0.723. The summed E-state index contributed by atoms with van der Waals surface area (Å²) in [5.74, 6) is 0.222. The lowest BCUT2D eigenvalue weighted by Gasteiger charge is -2.19. The van der Waals surface area contributed by atoms with Crippen LogP contribution in [0.5, 0.6) is 0 Å². The molecule has 1 aliphatic rings. The first kappa shape index (κ1) is 13.5. The number of nitrogens with one attached hydrogen (secondary N) is 1. The molecule has 98 valence electrons. The molecule has 1 saturated carbocycles. The van der Waals surface area contributed by atoms with Crippen LogP contribution in [0.4, 0.5) is 4.39 Å². The summed E-state index contributed by atoms with van der Waals surface area (Å²) >= 11 is 3.48. The van der Waals surface area contributed by atoms with Gasteiger partial charge in [0.05, 0.1) is 6.42 Å². The third kappa shape index (κ3) is 3.55. The van der Waals surface area contributed by atoms with Gasteiger partial charge in [-0.15, -0.1) is 0 Å². The number of carbonyl (C=O) groups excluding carboxylic acids is 1. The fourth-order valence-corrected chi connectivity index (χ4v) is 3.28. The first-order valence-electron chi connectivity index (χ1n) is 6.29. The van der Waals surface area contributed by atoms with Crippen LogP contribution in [0.25, 0.3) is 0 Å². The fraction of sp³-hybridized carbons (Fsp3) is 0.500. The Kier molecular flexibility index (Phi) is 4.75. The highest BCUT2D eigenvalue weighted by Crippen LogP contribution is 2.27. The molecule has 18 heavy (non-hydrogen) atoms. The average Bonchev–Trinajstić information content (AvgIpc) is 2.76. The maximum atomic E-state index is 13.0. The van der Waals surface area contributed by atoms with Gasteiger partial charge in [0, 0.05) is 11.4 Å². The van der Waals surface area contributed by atoms with Gasteiger partial charge >= 0.3 is 0 Å². The molecule has 4 heteroatoms. The van der Waals surface area contributed by atoms with Crippen molar-refractivity contribution >= 4 is 21.8 Å². The van der Waals surface area contributed by atoms with E-state index in [1.54, 1.807) is 12.1 Å². The predicted octanol–water partition coefficient (Wildman–Crippen LogP) is 3.05. The van der Waals surface area contributed by atoms with Gasteiger partial charge in [0.25, 0.3) is 0 Å². The number of rotatable bonds is 4. The van der Waals surface area contributed by atoms with E-state index < -0.39 is 0 Å². The van der Waals surface area contributed by atoms with Crippen molar-refractivity contribution in [3.05, 3.63) is 35.6 Å². The average molecular weight is 314 g/mol. The van der Waals surface area contributed by atoms with Gasteiger partial charge in [0.1, 0.15) is 5.82 Å². The Morgan fingerprint density at radius 3 is 3.00 bits per heavy atom. The molecule has 1 aromatic rings. The van der Waals surface area contributed by atoms with Crippen molar-refractivity contribution in [2.24, 2.45) is 5.92 Å². The highest BCUT2D eigenvalue weighted by atomic mass is 79.9. The monoisotopic (exact) mass is 313 g/mol. The third-order valence-electron chi connectivity index (χ3n) is 3.46. The third-order valence-corrected chi connectivity index (χ3v) is 4.29. The van der Waals surface area contributed by atoms with E-state index in [-0.39, 0.29) is 24.2 Å². The fourth-order valence-electron chi connectivity index (χ4n) is 2.50. The molecule has 2 unspecified atom stereocenters. The number of alkyl halides is 1. The molecule has 2 nitrogen and oxygen atoms in total. The van der Waals surface area contributed by atoms with E-state index in [0.29, 0.717) is 5.92 Å². The maximum absolute atomic E-state index is 13.0. The summed E-state index contributed by atoms with van der Waals surface area (Å²) in [6, 6.07) is 6.48. The molecule has 2 rings (SSSR count). The van der Waals surface area contributed by atoms with E-state index in [1.165, 1.54) is 18.6 Å². The molecule has 2 atom stereocenters. The lowest BCUT2D eigenvalue weighted by atomic mass is 10.1. The van der Waals surface area contributed by atoms with Crippen molar-refractivity contribution in [3.63, 3.8) is 0 Å². The Labute approximate surface area is 115 Å². The molecule has 0 radical (unpaired) electrons. The standard InChI is InChI=1S/C14H17BrFNO/c15-9-11-4-2-6-13(11)17-14(18)8-10-3-1-5-12(16)7-10/h1,3,5,7,11,13H,2,4,6,8-9H2,(H,17,18). The SMILES string of the molecule is O=C(Cc1cccc(F)c1)NC1CCCC1CBr. The first-order valence-corrected chi connectivity index (χ1v) is 7.41. The van der Waals surface area contributed by atoms with E-state index >= 15 is 0 Å². The summed E-state index contributed by atoms with van der Waals surface area (Å²) < 4.78 is 13.0. The van der Waals surface area contributed by atoms with Crippen LogP contribution in [-0.2, 0) is 11.2 Å². The number of halogens is 2. The lowest BCUT2D eigenvalue weighted by Crippen LogP contribution is -2.38. The molecule has 1 amide bonds. The highest BCUT2D eigenvalue weighted by molar-refractivity contribution is 9.09. The molecule has 1 aromatic carbocycles. The van der Waals surface area contributed by atoms with Gasteiger partial charge in [-0.3, -0.25) is 4.79 Å². The molecule has 0 aliphatic heterocycles. The molecule has 0 bridgehead atoms. The van der Waals surface area contributed by atoms with Crippen molar-refractivity contribution < 1.29 is 9.18 Å². The van der Waals surface area contributed by atoms with Crippen LogP contribution in [-0.4, -0.2) is 17.3 Å². The molecule has 0 aromatic heterocycles. The van der Waals surface area contributed by atoms with Crippen LogP contribution in [0.2, 0.25) is 0 Å². The number of hydrogen-bond acceptors (Lipinski definition) is 1. The predicted molar refractivity (Wildman–Crippen MR) is 73.2 cm³/mol. The minimum Gasteiger partial charge on any atom is -0.353 e. The normalized spacial score (nSPS) is 23.0. The van der Waals surface area contributed by atoms with E-state index in [2.05, 4.69) is 21.2 Å². The van der Waals surface area contributed by atoms with Gasteiger partial charge < -0.3 is 5.32 Å². The van der Waals surface area contributed by atoms with Crippen molar-refractivity contribution in [2.75, 3.05) is 5.33 Å². The second-order valence-electron chi connectivity index (χ2n) is 4.83. The van der Waals surface area contributed by atoms with Gasteiger partial charge in [-0.05, 0) is 36.5 Å². The van der Waals surface area contributed by atoms with E-state index in [4.69, 9.17) is 0 Å². The molecular formula is C14H17BrFNO. The minimum atomic E-state index is -0.292. The van der Waals surface area contributed by atoms with Crippen LogP contribution in [0.3, 0.4) is 0 Å². The maximum Gasteiger partial charge on any atom is 0.224 e. The van der Waals surface area contributed by atoms with Crippen LogP contribution >= 0.6 is 15.9 Å². The Morgan fingerprint density at radius 2 is 2.28 bits per heavy atom. The summed E-state index contributed by atoms with van der Waals surface area (Å²) in [6.45, 7) is 0. The molecule has 1 fully saturated rings. The van der Waals surface area contributed by atoms with Gasteiger partial charge in [-0.2, -0.15) is 0 Å². The topological polar surface area (TPSA) is 29.1 Å². The zero-order valence-corrected chi connectivity index (χ0v) is 11.7. The Morgan fingerprint density at radius 1 is 1.44 bits per heavy atom. The summed E-state index contributed by atoms with van der Waals surface area (Å²) in [7, 11) is 0. The molecule has 0 spiro atoms. The number of amides is 1. The van der Waals surface area contributed by atoms with E-state index in [9.17, 15) is 9.18 Å². The van der Waals surface area contributed by atoms with Gasteiger partial charge in [0.15, 0.2) is 0 Å². The largest absolute Gasteiger partial charge is 0.353 e. The van der Waals surface area contributed by atoms with Crippen molar-refractivity contribution in [1.82, 2.24) is 5.32 Å². The van der Waals surface area contributed by atoms with Gasteiger partial charge in [-0.1, -0.05) is 34.5 Å². The van der Waals surface area contributed by atoms with E-state index in [0.717, 1.165) is 23.7 Å². The molecule has 1 N–H and O–H groups in total. The molecule has 1 aliphatic carbocycles. The molecular weight excluding hydrogens is 297 g/mol. The Bertz CT molecular complexity index is 424. The summed E-state index contributed by atoms with van der Waals surface area (Å²) in [6.07, 6.45) is 3.63. The van der Waals surface area contributed by atoms with Crippen LogP contribution in [0, 0.1) is 11.7 Å². The lowest BCUT2D eigenvalue weighted by molar-refractivity contribution is -0.121. The Hall–Kier alpha value is -0.900. The first-order chi connectivity index (χ1) is 8.69. The van der Waals surface area contributed by atoms with Crippen molar-refractivity contribution in [1.29, 1.82) is 0 Å². The second-order valence-corrected chi connectivity index (χ2v) is 5.47. The smallest absolute Gasteiger partial charge is 0.224 e. The van der Waals surface area contributed by atoms with Crippen molar-refractivity contribution in [3.8, 4) is 0 Å². The second kappa shape index (κ2) is 6.32. The summed E-state index contributed by atoms with van der Waals surface area (Å²) in [4.78, 5) is 11.9. The quantitative estimate of drug-likeness (QED) is 0.851. The number of benzene rings is 1. The minimum absolute atomic E-state index is 0.0153. The van der Waals surface area contributed by atoms with Crippen LogP contribution in [0.1, 0.15) is 24.8 Å².